The predicted molar refractivity (Wildman–Crippen MR) is 81.5 cm³/mol. The van der Waals surface area contributed by atoms with Crippen LogP contribution in [0.1, 0.15) is 24.5 Å². The zero-order chi connectivity index (χ0) is 13.0. The van der Waals surface area contributed by atoms with Gasteiger partial charge in [-0.2, -0.15) is 0 Å². The van der Waals surface area contributed by atoms with Crippen molar-refractivity contribution in [2.75, 3.05) is 6.54 Å². The van der Waals surface area contributed by atoms with Crippen LogP contribution in [0, 0.1) is 6.92 Å². The van der Waals surface area contributed by atoms with Crippen molar-refractivity contribution in [3.05, 3.63) is 45.8 Å². The van der Waals surface area contributed by atoms with Crippen LogP contribution < -0.4 is 5.32 Å². The summed E-state index contributed by atoms with van der Waals surface area (Å²) in [5.74, 6) is 0. The highest BCUT2D eigenvalue weighted by Gasteiger charge is 2.05. The summed E-state index contributed by atoms with van der Waals surface area (Å²) in [6.07, 6.45) is 1.17. The molecule has 0 radical (unpaired) electrons. The second-order valence-electron chi connectivity index (χ2n) is 4.43. The molecule has 3 heteroatoms. The molecule has 0 atom stereocenters. The van der Waals surface area contributed by atoms with Crippen molar-refractivity contribution < 1.29 is 0 Å². The topological polar surface area (TPSA) is 12.0 Å². The van der Waals surface area contributed by atoms with Gasteiger partial charge in [0.1, 0.15) is 0 Å². The molecule has 0 saturated carbocycles. The highest BCUT2D eigenvalue weighted by molar-refractivity contribution is 7.19. The van der Waals surface area contributed by atoms with Gasteiger partial charge in [-0.25, -0.2) is 0 Å². The van der Waals surface area contributed by atoms with Gasteiger partial charge in [0.15, 0.2) is 0 Å². The largest absolute Gasteiger partial charge is 0.313 e. The second kappa shape index (κ2) is 6.37. The number of nitrogens with one attached hydrogen (secondary N) is 1. The molecule has 96 valence electrons. The summed E-state index contributed by atoms with van der Waals surface area (Å²) < 4.78 is 0.845. The Morgan fingerprint density at radius 2 is 2.06 bits per heavy atom. The first-order chi connectivity index (χ1) is 8.70. The van der Waals surface area contributed by atoms with Gasteiger partial charge in [0.05, 0.1) is 4.34 Å². The predicted octanol–water partition coefficient (Wildman–Crippen LogP) is 4.88. The molecule has 0 aliphatic heterocycles. The molecular formula is C15H18ClNS. The van der Waals surface area contributed by atoms with Gasteiger partial charge < -0.3 is 5.32 Å². The van der Waals surface area contributed by atoms with Crippen molar-refractivity contribution in [1.29, 1.82) is 0 Å². The van der Waals surface area contributed by atoms with Crippen molar-refractivity contribution >= 4 is 22.9 Å². The van der Waals surface area contributed by atoms with E-state index in [-0.39, 0.29) is 0 Å². The summed E-state index contributed by atoms with van der Waals surface area (Å²) in [5, 5.41) is 3.42. The first kappa shape index (κ1) is 13.6. The maximum Gasteiger partial charge on any atom is 0.0934 e. The van der Waals surface area contributed by atoms with Gasteiger partial charge in [-0.05, 0) is 48.7 Å². The van der Waals surface area contributed by atoms with Gasteiger partial charge >= 0.3 is 0 Å². The smallest absolute Gasteiger partial charge is 0.0934 e. The van der Waals surface area contributed by atoms with Gasteiger partial charge in [0.2, 0.25) is 0 Å². The lowest BCUT2D eigenvalue weighted by Crippen LogP contribution is -2.13. The molecule has 1 aromatic carbocycles. The Bertz CT molecular complexity index is 519. The summed E-state index contributed by atoms with van der Waals surface area (Å²) in [5.41, 5.74) is 3.93. The standard InChI is InChI=1S/C15H18ClNS/c1-3-8-17-10-12-4-5-13(11(2)9-12)14-6-7-15(16)18-14/h4-7,9,17H,3,8,10H2,1-2H3. The lowest BCUT2D eigenvalue weighted by Gasteiger charge is -2.08. The summed E-state index contributed by atoms with van der Waals surface area (Å²) in [4.78, 5) is 1.24. The fourth-order valence-corrected chi connectivity index (χ4v) is 3.11. The van der Waals surface area contributed by atoms with E-state index in [1.165, 1.54) is 28.0 Å². The summed E-state index contributed by atoms with van der Waals surface area (Å²) in [7, 11) is 0. The third-order valence-electron chi connectivity index (χ3n) is 2.89. The molecule has 2 rings (SSSR count). The van der Waals surface area contributed by atoms with Crippen molar-refractivity contribution in [3.63, 3.8) is 0 Å². The van der Waals surface area contributed by atoms with Crippen LogP contribution in [0.5, 0.6) is 0 Å². The minimum absolute atomic E-state index is 0.845. The van der Waals surface area contributed by atoms with Crippen LogP contribution in [0.3, 0.4) is 0 Å². The Balaban J connectivity index is 2.15. The molecule has 1 aromatic heterocycles. The molecular weight excluding hydrogens is 262 g/mol. The van der Waals surface area contributed by atoms with Crippen LogP contribution >= 0.6 is 22.9 Å². The van der Waals surface area contributed by atoms with Crippen LogP contribution in [0.4, 0.5) is 0 Å². The molecule has 0 fully saturated rings. The van der Waals surface area contributed by atoms with E-state index >= 15 is 0 Å². The molecule has 2 aromatic rings. The highest BCUT2D eigenvalue weighted by Crippen LogP contribution is 2.33. The molecule has 0 spiro atoms. The molecule has 0 amide bonds. The maximum atomic E-state index is 5.99. The third-order valence-corrected chi connectivity index (χ3v) is 4.15. The lowest BCUT2D eigenvalue weighted by atomic mass is 10.0. The van der Waals surface area contributed by atoms with Crippen molar-refractivity contribution in [1.82, 2.24) is 5.32 Å². The first-order valence-electron chi connectivity index (χ1n) is 6.26. The fraction of sp³-hybridized carbons (Fsp3) is 0.333. The van der Waals surface area contributed by atoms with Crippen LogP contribution in [-0.4, -0.2) is 6.54 Å². The Kier molecular flexibility index (Phi) is 4.81. The SMILES string of the molecule is CCCNCc1ccc(-c2ccc(Cl)s2)c(C)c1. The van der Waals surface area contributed by atoms with E-state index in [4.69, 9.17) is 11.6 Å². The lowest BCUT2D eigenvalue weighted by molar-refractivity contribution is 0.675. The molecule has 1 N–H and O–H groups in total. The molecule has 0 aliphatic rings. The van der Waals surface area contributed by atoms with Gasteiger partial charge in [-0.15, -0.1) is 11.3 Å². The van der Waals surface area contributed by atoms with E-state index in [0.717, 1.165) is 17.4 Å². The molecule has 0 saturated heterocycles. The second-order valence-corrected chi connectivity index (χ2v) is 6.14. The Morgan fingerprint density at radius 1 is 1.22 bits per heavy atom. The molecule has 0 aliphatic carbocycles. The van der Waals surface area contributed by atoms with E-state index in [1.807, 2.05) is 6.07 Å². The van der Waals surface area contributed by atoms with Gasteiger partial charge in [0.25, 0.3) is 0 Å². The van der Waals surface area contributed by atoms with E-state index in [2.05, 4.69) is 43.4 Å². The summed E-state index contributed by atoms with van der Waals surface area (Å²) >= 11 is 7.62. The fourth-order valence-electron chi connectivity index (χ4n) is 1.98. The Morgan fingerprint density at radius 3 is 2.67 bits per heavy atom. The third kappa shape index (κ3) is 3.35. The zero-order valence-corrected chi connectivity index (χ0v) is 12.4. The highest BCUT2D eigenvalue weighted by atomic mass is 35.5. The number of hydrogen-bond donors (Lipinski definition) is 1. The van der Waals surface area contributed by atoms with Crippen molar-refractivity contribution in [2.45, 2.75) is 26.8 Å². The van der Waals surface area contributed by atoms with Crippen LogP contribution in [0.15, 0.2) is 30.3 Å². The van der Waals surface area contributed by atoms with E-state index in [9.17, 15) is 0 Å². The quantitative estimate of drug-likeness (QED) is 0.770. The molecule has 1 nitrogen and oxygen atoms in total. The van der Waals surface area contributed by atoms with Crippen LogP contribution in [0.25, 0.3) is 10.4 Å². The minimum Gasteiger partial charge on any atom is -0.313 e. The maximum absolute atomic E-state index is 5.99. The number of thiophene rings is 1. The van der Waals surface area contributed by atoms with Gasteiger partial charge in [-0.3, -0.25) is 0 Å². The van der Waals surface area contributed by atoms with Crippen molar-refractivity contribution in [2.24, 2.45) is 0 Å². The average Bonchev–Trinajstić information content (AvgIpc) is 2.76. The Labute approximate surface area is 118 Å². The van der Waals surface area contributed by atoms with Crippen LogP contribution in [-0.2, 0) is 6.54 Å². The summed E-state index contributed by atoms with van der Waals surface area (Å²) in [6, 6.07) is 10.7. The van der Waals surface area contributed by atoms with Gasteiger partial charge in [-0.1, -0.05) is 36.7 Å². The summed E-state index contributed by atoms with van der Waals surface area (Å²) in [6.45, 7) is 6.36. The van der Waals surface area contributed by atoms with Crippen LogP contribution in [0.2, 0.25) is 4.34 Å². The van der Waals surface area contributed by atoms with Crippen molar-refractivity contribution in [3.8, 4) is 10.4 Å². The molecule has 1 heterocycles. The Hall–Kier alpha value is -0.830. The number of hydrogen-bond acceptors (Lipinski definition) is 2. The first-order valence-corrected chi connectivity index (χ1v) is 7.46. The molecule has 0 unspecified atom stereocenters. The molecule has 18 heavy (non-hydrogen) atoms. The van der Waals surface area contributed by atoms with E-state index in [1.54, 1.807) is 11.3 Å². The monoisotopic (exact) mass is 279 g/mol. The normalized spacial score (nSPS) is 10.8. The van der Waals surface area contributed by atoms with E-state index in [0.29, 0.717) is 0 Å². The number of benzene rings is 1. The number of rotatable bonds is 5. The van der Waals surface area contributed by atoms with E-state index < -0.39 is 0 Å². The average molecular weight is 280 g/mol. The molecule has 0 bridgehead atoms. The van der Waals surface area contributed by atoms with Gasteiger partial charge in [0, 0.05) is 11.4 Å². The minimum atomic E-state index is 0.845. The number of halogens is 1. The number of aryl methyl sites for hydroxylation is 1. The zero-order valence-electron chi connectivity index (χ0n) is 10.8.